The molecule has 0 spiro atoms. The van der Waals surface area contributed by atoms with E-state index in [4.69, 9.17) is 5.26 Å². The van der Waals surface area contributed by atoms with E-state index in [0.717, 1.165) is 4.31 Å². The smallest absolute Gasteiger partial charge is 0.267 e. The number of carbonyl (C=O) groups is 1. The summed E-state index contributed by atoms with van der Waals surface area (Å²) >= 11 is 0. The van der Waals surface area contributed by atoms with E-state index in [1.54, 1.807) is 48.5 Å². The molecular weight excluding hydrogens is 300 g/mol. The molecule has 0 bridgehead atoms. The third-order valence-electron chi connectivity index (χ3n) is 3.53. The Labute approximate surface area is 128 Å². The summed E-state index contributed by atoms with van der Waals surface area (Å²) in [5.41, 5.74) is 1.97. The second-order valence-electron chi connectivity index (χ2n) is 5.04. The Morgan fingerprint density at radius 3 is 2.68 bits per heavy atom. The van der Waals surface area contributed by atoms with Gasteiger partial charge in [0, 0.05) is 5.56 Å². The van der Waals surface area contributed by atoms with Gasteiger partial charge in [0.15, 0.2) is 0 Å². The van der Waals surface area contributed by atoms with E-state index < -0.39 is 15.9 Å². The number of nitrogens with zero attached hydrogens (tertiary/aromatic N) is 2. The first kappa shape index (κ1) is 14.3. The third-order valence-corrected chi connectivity index (χ3v) is 5.17. The summed E-state index contributed by atoms with van der Waals surface area (Å²) in [4.78, 5) is 12.5. The Morgan fingerprint density at radius 1 is 1.14 bits per heavy atom. The summed E-state index contributed by atoms with van der Waals surface area (Å²) in [6.07, 6.45) is 0. The molecule has 0 aliphatic carbocycles. The minimum atomic E-state index is -3.70. The molecule has 0 unspecified atom stereocenters. The Kier molecular flexibility index (Phi) is 3.43. The third kappa shape index (κ3) is 2.47. The van der Waals surface area contributed by atoms with Crippen molar-refractivity contribution in [2.45, 2.75) is 12.3 Å². The first-order valence-electron chi connectivity index (χ1n) is 6.63. The van der Waals surface area contributed by atoms with Crippen LogP contribution in [0.15, 0.2) is 48.5 Å². The molecule has 0 saturated carbocycles. The lowest BCUT2D eigenvalue weighted by atomic mass is 10.1. The maximum Gasteiger partial charge on any atom is 0.267 e. The molecule has 22 heavy (non-hydrogen) atoms. The number of fused-ring (bicyclic) bond motifs is 1. The van der Waals surface area contributed by atoms with Gasteiger partial charge in [0.05, 0.1) is 23.9 Å². The fraction of sp³-hybridized carbons (Fsp3) is 0.125. The highest BCUT2D eigenvalue weighted by Crippen LogP contribution is 2.26. The molecular formula is C16H12N2O3S. The second kappa shape index (κ2) is 5.28. The highest BCUT2D eigenvalue weighted by Gasteiger charge is 2.35. The quantitative estimate of drug-likeness (QED) is 0.850. The predicted octanol–water partition coefficient (Wildman–Crippen LogP) is 2.04. The lowest BCUT2D eigenvalue weighted by Crippen LogP contribution is -2.41. The van der Waals surface area contributed by atoms with Crippen molar-refractivity contribution >= 4 is 15.9 Å². The second-order valence-corrected chi connectivity index (χ2v) is 6.93. The Balaban J connectivity index is 2.00. The maximum absolute atomic E-state index is 12.5. The van der Waals surface area contributed by atoms with Crippen LogP contribution < -0.4 is 0 Å². The molecule has 3 rings (SSSR count). The summed E-state index contributed by atoms with van der Waals surface area (Å²) in [7, 11) is -3.70. The first-order valence-corrected chi connectivity index (χ1v) is 8.24. The molecule has 0 radical (unpaired) electrons. The fourth-order valence-corrected chi connectivity index (χ4v) is 3.96. The number of nitriles is 1. The maximum atomic E-state index is 12.5. The van der Waals surface area contributed by atoms with Crippen molar-refractivity contribution in [1.29, 1.82) is 5.26 Å². The van der Waals surface area contributed by atoms with Gasteiger partial charge in [-0.05, 0) is 29.3 Å². The highest BCUT2D eigenvalue weighted by atomic mass is 32.2. The summed E-state index contributed by atoms with van der Waals surface area (Å²) in [5, 5.41) is 8.90. The molecule has 110 valence electrons. The molecule has 0 N–H and O–H groups in total. The van der Waals surface area contributed by atoms with Gasteiger partial charge in [-0.15, -0.1) is 0 Å². The number of hydrogen-bond donors (Lipinski definition) is 0. The fourth-order valence-electron chi connectivity index (χ4n) is 2.47. The van der Waals surface area contributed by atoms with Crippen molar-refractivity contribution in [3.05, 3.63) is 70.8 Å². The SMILES string of the molecule is N#Cc1cccc(CN2C(=O)c3ccccc3CS2(=O)=O)c1. The number of sulfonamides is 1. The van der Waals surface area contributed by atoms with Gasteiger partial charge in [0.2, 0.25) is 10.0 Å². The average molecular weight is 312 g/mol. The van der Waals surface area contributed by atoms with Crippen molar-refractivity contribution in [2.24, 2.45) is 0 Å². The average Bonchev–Trinajstić information content (AvgIpc) is 2.51. The molecule has 2 aromatic rings. The molecule has 0 saturated heterocycles. The van der Waals surface area contributed by atoms with E-state index >= 15 is 0 Å². The lowest BCUT2D eigenvalue weighted by molar-refractivity contribution is 0.0849. The largest absolute Gasteiger partial charge is 0.268 e. The molecule has 0 atom stereocenters. The highest BCUT2D eigenvalue weighted by molar-refractivity contribution is 7.89. The van der Waals surface area contributed by atoms with Gasteiger partial charge in [0.25, 0.3) is 5.91 Å². The molecule has 1 aliphatic heterocycles. The molecule has 2 aromatic carbocycles. The standard InChI is InChI=1S/C16H12N2O3S/c17-9-12-4-3-5-13(8-12)10-18-16(19)15-7-2-1-6-14(15)11-22(18,20)21/h1-8H,10-11H2. The van der Waals surface area contributed by atoms with Gasteiger partial charge in [-0.1, -0.05) is 30.3 Å². The number of carbonyl (C=O) groups excluding carboxylic acids is 1. The van der Waals surface area contributed by atoms with E-state index in [1.807, 2.05) is 6.07 Å². The van der Waals surface area contributed by atoms with Crippen molar-refractivity contribution in [3.63, 3.8) is 0 Å². The number of benzene rings is 2. The van der Waals surface area contributed by atoms with E-state index in [0.29, 0.717) is 22.3 Å². The lowest BCUT2D eigenvalue weighted by Gasteiger charge is -2.28. The molecule has 6 heteroatoms. The van der Waals surface area contributed by atoms with Gasteiger partial charge in [-0.25, -0.2) is 12.7 Å². The number of hydrogen-bond acceptors (Lipinski definition) is 4. The zero-order valence-corrected chi connectivity index (χ0v) is 12.4. The first-order chi connectivity index (χ1) is 10.5. The van der Waals surface area contributed by atoms with Crippen LogP contribution in [0.25, 0.3) is 0 Å². The van der Waals surface area contributed by atoms with Crippen molar-refractivity contribution in [3.8, 4) is 6.07 Å². The normalized spacial score (nSPS) is 16.0. The molecule has 0 fully saturated rings. The number of amides is 1. The predicted molar refractivity (Wildman–Crippen MR) is 80.1 cm³/mol. The van der Waals surface area contributed by atoms with Crippen LogP contribution in [0.3, 0.4) is 0 Å². The van der Waals surface area contributed by atoms with Crippen LogP contribution in [0.5, 0.6) is 0 Å². The van der Waals surface area contributed by atoms with Gasteiger partial charge in [0.1, 0.15) is 0 Å². The van der Waals surface area contributed by atoms with Crippen molar-refractivity contribution in [1.82, 2.24) is 4.31 Å². The minimum absolute atomic E-state index is 0.0645. The van der Waals surface area contributed by atoms with Gasteiger partial charge >= 0.3 is 0 Å². The Morgan fingerprint density at radius 2 is 1.91 bits per heavy atom. The molecule has 0 aromatic heterocycles. The summed E-state index contributed by atoms with van der Waals surface area (Å²) < 4.78 is 25.6. The Hall–Kier alpha value is -2.65. The van der Waals surface area contributed by atoms with Gasteiger partial charge in [-0.2, -0.15) is 5.26 Å². The van der Waals surface area contributed by atoms with Crippen LogP contribution in [0.4, 0.5) is 0 Å². The Bertz CT molecular complexity index is 898. The minimum Gasteiger partial charge on any atom is -0.268 e. The van der Waals surface area contributed by atoms with E-state index in [1.165, 1.54) is 0 Å². The topological polar surface area (TPSA) is 78.2 Å². The zero-order valence-electron chi connectivity index (χ0n) is 11.6. The van der Waals surface area contributed by atoms with Gasteiger partial charge < -0.3 is 0 Å². The van der Waals surface area contributed by atoms with Crippen LogP contribution >= 0.6 is 0 Å². The molecule has 5 nitrogen and oxygen atoms in total. The number of rotatable bonds is 2. The summed E-state index contributed by atoms with van der Waals surface area (Å²) in [6, 6.07) is 15.3. The van der Waals surface area contributed by atoms with E-state index in [2.05, 4.69) is 0 Å². The summed E-state index contributed by atoms with van der Waals surface area (Å²) in [5.74, 6) is -0.712. The van der Waals surface area contributed by atoms with Crippen molar-refractivity contribution < 1.29 is 13.2 Å². The molecule has 1 heterocycles. The van der Waals surface area contributed by atoms with E-state index in [-0.39, 0.29) is 12.3 Å². The van der Waals surface area contributed by atoms with Crippen LogP contribution in [0.2, 0.25) is 0 Å². The van der Waals surface area contributed by atoms with Crippen LogP contribution in [-0.2, 0) is 22.3 Å². The van der Waals surface area contributed by atoms with Crippen molar-refractivity contribution in [2.75, 3.05) is 0 Å². The summed E-state index contributed by atoms with van der Waals surface area (Å²) in [6.45, 7) is -0.0645. The van der Waals surface area contributed by atoms with Crippen LogP contribution in [0, 0.1) is 11.3 Å². The molecule has 1 amide bonds. The molecule has 1 aliphatic rings. The zero-order chi connectivity index (χ0) is 15.7. The van der Waals surface area contributed by atoms with E-state index in [9.17, 15) is 13.2 Å². The monoisotopic (exact) mass is 312 g/mol. The van der Waals surface area contributed by atoms with Crippen LogP contribution in [0.1, 0.15) is 27.0 Å². The van der Waals surface area contributed by atoms with Crippen LogP contribution in [-0.4, -0.2) is 18.6 Å². The van der Waals surface area contributed by atoms with Gasteiger partial charge in [-0.3, -0.25) is 4.79 Å².